The first-order valence-electron chi connectivity index (χ1n) is 2.92. The van der Waals surface area contributed by atoms with Crippen molar-refractivity contribution in [3.05, 3.63) is 10.6 Å². The molecule has 0 aliphatic rings. The molecule has 0 saturated carbocycles. The SMILES string of the molecule is CC(=O)Nc1nc(Cl)nc(Cl)n1. The average molecular weight is 207 g/mol. The molecule has 5 nitrogen and oxygen atoms in total. The number of nitrogens with zero attached hydrogens (tertiary/aromatic N) is 3. The molecule has 0 aliphatic carbocycles. The largest absolute Gasteiger partial charge is 0.295 e. The number of hydrogen-bond acceptors (Lipinski definition) is 4. The van der Waals surface area contributed by atoms with Gasteiger partial charge in [-0.3, -0.25) is 10.1 Å². The second kappa shape index (κ2) is 3.64. The first-order chi connectivity index (χ1) is 5.58. The minimum Gasteiger partial charge on any atom is -0.295 e. The van der Waals surface area contributed by atoms with E-state index in [1.807, 2.05) is 0 Å². The molecule has 1 N–H and O–H groups in total. The number of carbonyl (C=O) groups excluding carboxylic acids is 1. The van der Waals surface area contributed by atoms with Crippen molar-refractivity contribution in [1.82, 2.24) is 15.0 Å². The van der Waals surface area contributed by atoms with Gasteiger partial charge >= 0.3 is 0 Å². The Balaban J connectivity index is 2.93. The van der Waals surface area contributed by atoms with Gasteiger partial charge in [-0.15, -0.1) is 0 Å². The summed E-state index contributed by atoms with van der Waals surface area (Å²) < 4.78 is 0. The molecule has 12 heavy (non-hydrogen) atoms. The first-order valence-corrected chi connectivity index (χ1v) is 3.68. The van der Waals surface area contributed by atoms with Gasteiger partial charge in [0.1, 0.15) is 0 Å². The van der Waals surface area contributed by atoms with Gasteiger partial charge in [0.05, 0.1) is 0 Å². The quantitative estimate of drug-likeness (QED) is 0.749. The molecule has 1 rings (SSSR count). The van der Waals surface area contributed by atoms with Gasteiger partial charge in [0.25, 0.3) is 0 Å². The van der Waals surface area contributed by atoms with Crippen molar-refractivity contribution in [2.45, 2.75) is 6.92 Å². The van der Waals surface area contributed by atoms with Crippen molar-refractivity contribution >= 4 is 35.1 Å². The third-order valence-corrected chi connectivity index (χ3v) is 1.21. The lowest BCUT2D eigenvalue weighted by Crippen LogP contribution is -2.09. The lowest BCUT2D eigenvalue weighted by atomic mass is 10.7. The first kappa shape index (κ1) is 9.15. The number of hydrogen-bond donors (Lipinski definition) is 1. The van der Waals surface area contributed by atoms with Crippen molar-refractivity contribution in [3.8, 4) is 0 Å². The number of amides is 1. The molecule has 0 aromatic carbocycles. The number of nitrogens with one attached hydrogen (secondary N) is 1. The summed E-state index contributed by atoms with van der Waals surface area (Å²) in [4.78, 5) is 21.2. The van der Waals surface area contributed by atoms with Crippen LogP contribution in [0.1, 0.15) is 6.92 Å². The van der Waals surface area contributed by atoms with Gasteiger partial charge in [-0.1, -0.05) is 0 Å². The number of carbonyl (C=O) groups is 1. The van der Waals surface area contributed by atoms with Gasteiger partial charge in [-0.25, -0.2) is 0 Å². The molecule has 0 saturated heterocycles. The van der Waals surface area contributed by atoms with Crippen molar-refractivity contribution in [2.24, 2.45) is 0 Å². The maximum Gasteiger partial charge on any atom is 0.235 e. The average Bonchev–Trinajstić information content (AvgIpc) is 1.81. The Morgan fingerprint density at radius 3 is 2.17 bits per heavy atom. The van der Waals surface area contributed by atoms with E-state index in [0.717, 1.165) is 0 Å². The summed E-state index contributed by atoms with van der Waals surface area (Å²) in [6, 6.07) is 0. The predicted molar refractivity (Wildman–Crippen MR) is 44.2 cm³/mol. The normalized spacial score (nSPS) is 9.58. The lowest BCUT2D eigenvalue weighted by molar-refractivity contribution is -0.114. The van der Waals surface area contributed by atoms with Crippen LogP contribution in [0, 0.1) is 0 Å². The van der Waals surface area contributed by atoms with Crippen LogP contribution in [0.3, 0.4) is 0 Å². The smallest absolute Gasteiger partial charge is 0.235 e. The molecule has 1 aromatic heterocycles. The number of aromatic nitrogens is 3. The van der Waals surface area contributed by atoms with E-state index in [1.54, 1.807) is 0 Å². The molecule has 0 bridgehead atoms. The lowest BCUT2D eigenvalue weighted by Gasteiger charge is -1.98. The van der Waals surface area contributed by atoms with E-state index in [4.69, 9.17) is 23.2 Å². The van der Waals surface area contributed by atoms with E-state index in [0.29, 0.717) is 0 Å². The molecular weight excluding hydrogens is 203 g/mol. The standard InChI is InChI=1S/C5H4Cl2N4O/c1-2(12)8-5-10-3(6)9-4(7)11-5/h1H3,(H,8,9,10,11,12). The van der Waals surface area contributed by atoms with Gasteiger partial charge in [0.15, 0.2) is 0 Å². The Morgan fingerprint density at radius 2 is 1.75 bits per heavy atom. The topological polar surface area (TPSA) is 67.8 Å². The zero-order valence-electron chi connectivity index (χ0n) is 6.01. The maximum atomic E-state index is 10.5. The minimum absolute atomic E-state index is 0.0486. The van der Waals surface area contributed by atoms with Crippen molar-refractivity contribution in [2.75, 3.05) is 5.32 Å². The van der Waals surface area contributed by atoms with Crippen molar-refractivity contribution < 1.29 is 4.79 Å². The highest BCUT2D eigenvalue weighted by molar-refractivity contribution is 6.31. The zero-order valence-corrected chi connectivity index (χ0v) is 7.52. The van der Waals surface area contributed by atoms with Crippen LogP contribution in [0.5, 0.6) is 0 Å². The summed E-state index contributed by atoms with van der Waals surface area (Å²) >= 11 is 10.9. The van der Waals surface area contributed by atoms with Crippen LogP contribution >= 0.6 is 23.2 Å². The fourth-order valence-corrected chi connectivity index (χ4v) is 0.903. The Bertz CT molecular complexity index is 296. The number of halogens is 2. The van der Waals surface area contributed by atoms with Crippen LogP contribution in [0.2, 0.25) is 10.6 Å². The highest BCUT2D eigenvalue weighted by atomic mass is 35.5. The van der Waals surface area contributed by atoms with Crippen LogP contribution in [-0.4, -0.2) is 20.9 Å². The third-order valence-electron chi connectivity index (χ3n) is 0.869. The summed E-state index contributed by atoms with van der Waals surface area (Å²) in [5.41, 5.74) is 0. The van der Waals surface area contributed by atoms with Gasteiger partial charge in [0, 0.05) is 6.92 Å². The Kier molecular flexibility index (Phi) is 2.78. The molecule has 1 heterocycles. The van der Waals surface area contributed by atoms with E-state index < -0.39 is 0 Å². The summed E-state index contributed by atoms with van der Waals surface area (Å²) in [5.74, 6) is -0.249. The molecule has 64 valence electrons. The number of rotatable bonds is 1. The Hall–Kier alpha value is -0.940. The van der Waals surface area contributed by atoms with Crippen LogP contribution in [-0.2, 0) is 4.79 Å². The molecule has 0 unspecified atom stereocenters. The fourth-order valence-electron chi connectivity index (χ4n) is 0.539. The minimum atomic E-state index is -0.298. The number of anilines is 1. The molecule has 0 radical (unpaired) electrons. The second-order valence-electron chi connectivity index (χ2n) is 1.88. The fraction of sp³-hybridized carbons (Fsp3) is 0.200. The Morgan fingerprint density at radius 1 is 1.25 bits per heavy atom. The molecule has 0 aliphatic heterocycles. The van der Waals surface area contributed by atoms with Crippen molar-refractivity contribution in [3.63, 3.8) is 0 Å². The molecule has 1 aromatic rings. The van der Waals surface area contributed by atoms with E-state index >= 15 is 0 Å². The van der Waals surface area contributed by atoms with Crippen LogP contribution in [0.25, 0.3) is 0 Å². The molecule has 7 heteroatoms. The van der Waals surface area contributed by atoms with E-state index in [-0.39, 0.29) is 22.4 Å². The maximum absolute atomic E-state index is 10.5. The summed E-state index contributed by atoms with van der Waals surface area (Å²) in [7, 11) is 0. The molecule has 0 spiro atoms. The van der Waals surface area contributed by atoms with Crippen LogP contribution in [0.4, 0.5) is 5.95 Å². The second-order valence-corrected chi connectivity index (χ2v) is 2.55. The van der Waals surface area contributed by atoms with Gasteiger partial charge < -0.3 is 0 Å². The molecule has 0 fully saturated rings. The molecule has 0 atom stereocenters. The highest BCUT2D eigenvalue weighted by Gasteiger charge is 2.03. The van der Waals surface area contributed by atoms with Crippen LogP contribution in [0.15, 0.2) is 0 Å². The summed E-state index contributed by atoms with van der Waals surface area (Å²) in [5, 5.41) is 2.20. The van der Waals surface area contributed by atoms with E-state index in [9.17, 15) is 4.79 Å². The van der Waals surface area contributed by atoms with Crippen molar-refractivity contribution in [1.29, 1.82) is 0 Å². The molecule has 1 amide bonds. The molecular formula is C5H4Cl2N4O. The third kappa shape index (κ3) is 2.60. The summed E-state index contributed by atoms with van der Waals surface area (Å²) in [6.07, 6.45) is 0. The van der Waals surface area contributed by atoms with Gasteiger partial charge in [-0.05, 0) is 23.2 Å². The summed E-state index contributed by atoms with van der Waals surface area (Å²) in [6.45, 7) is 1.32. The highest BCUT2D eigenvalue weighted by Crippen LogP contribution is 2.08. The predicted octanol–water partition coefficient (Wildman–Crippen LogP) is 1.14. The van der Waals surface area contributed by atoms with E-state index in [1.165, 1.54) is 6.92 Å². The van der Waals surface area contributed by atoms with Gasteiger partial charge in [0.2, 0.25) is 22.4 Å². The monoisotopic (exact) mass is 206 g/mol. The van der Waals surface area contributed by atoms with E-state index in [2.05, 4.69) is 20.3 Å². The zero-order chi connectivity index (χ0) is 9.14. The Labute approximate surface area is 78.1 Å². The van der Waals surface area contributed by atoms with Crippen LogP contribution < -0.4 is 5.32 Å². The van der Waals surface area contributed by atoms with Gasteiger partial charge in [-0.2, -0.15) is 15.0 Å².